The minimum absolute atomic E-state index is 0.0335. The van der Waals surface area contributed by atoms with Crippen molar-refractivity contribution in [2.24, 2.45) is 5.73 Å². The van der Waals surface area contributed by atoms with E-state index in [2.05, 4.69) is 15.3 Å². The number of rotatable bonds is 4. The summed E-state index contributed by atoms with van der Waals surface area (Å²) < 4.78 is 0. The lowest BCUT2D eigenvalue weighted by molar-refractivity contribution is -0.118. The van der Waals surface area contributed by atoms with E-state index in [0.29, 0.717) is 0 Å². The highest BCUT2D eigenvalue weighted by atomic mass is 35.5. The summed E-state index contributed by atoms with van der Waals surface area (Å²) in [5.41, 5.74) is 4.58. The molecule has 0 saturated carbocycles. The van der Waals surface area contributed by atoms with Crippen molar-refractivity contribution in [1.82, 2.24) is 9.97 Å². The molecule has 1 heterocycles. The van der Waals surface area contributed by atoms with Crippen molar-refractivity contribution in [2.75, 3.05) is 5.32 Å². The molecule has 1 rings (SSSR count). The predicted molar refractivity (Wildman–Crippen MR) is 56.8 cm³/mol. The predicted octanol–water partition coefficient (Wildman–Crippen LogP) is 0.0991. The number of H-pyrrole nitrogens is 1. The smallest absolute Gasteiger partial charge is 0.271 e. The summed E-state index contributed by atoms with van der Waals surface area (Å²) >= 11 is 5.69. The Hall–Kier alpha value is -1.56. The van der Waals surface area contributed by atoms with Gasteiger partial charge in [-0.3, -0.25) is 9.59 Å². The number of aromatic nitrogens is 2. The fourth-order valence-corrected chi connectivity index (χ4v) is 1.23. The summed E-state index contributed by atoms with van der Waals surface area (Å²) in [5.74, 6) is -0.190. The molecule has 1 atom stereocenters. The molecule has 15 heavy (non-hydrogen) atoms. The zero-order chi connectivity index (χ0) is 11.4. The number of amides is 1. The van der Waals surface area contributed by atoms with E-state index in [-0.39, 0.29) is 23.3 Å². The highest BCUT2D eigenvalue weighted by Gasteiger charge is 2.10. The van der Waals surface area contributed by atoms with E-state index in [9.17, 15) is 9.59 Å². The van der Waals surface area contributed by atoms with Crippen molar-refractivity contribution in [3.8, 4) is 0 Å². The molecule has 82 valence electrons. The van der Waals surface area contributed by atoms with E-state index >= 15 is 0 Å². The Kier molecular flexibility index (Phi) is 3.68. The number of nitrogens with two attached hydrogens (primary N) is 1. The molecule has 0 aliphatic heterocycles. The van der Waals surface area contributed by atoms with Crippen LogP contribution in [0.5, 0.6) is 0 Å². The average Bonchev–Trinajstić information content (AvgIpc) is 2.11. The number of nitrogens with one attached hydrogen (secondary N) is 2. The Morgan fingerprint density at radius 1 is 1.80 bits per heavy atom. The summed E-state index contributed by atoms with van der Waals surface area (Å²) in [6.07, 6.45) is 1.37. The lowest BCUT2D eigenvalue weighted by Gasteiger charge is -2.12. The average molecular weight is 231 g/mol. The summed E-state index contributed by atoms with van der Waals surface area (Å²) in [5, 5.41) is 2.78. The maximum atomic E-state index is 11.1. The second-order valence-corrected chi connectivity index (χ2v) is 3.49. The maximum absolute atomic E-state index is 11.1. The van der Waals surface area contributed by atoms with Gasteiger partial charge >= 0.3 is 0 Å². The number of halogens is 1. The molecule has 7 heteroatoms. The van der Waals surface area contributed by atoms with E-state index in [4.69, 9.17) is 17.3 Å². The number of nitrogens with zero attached hydrogens (tertiary/aromatic N) is 1. The van der Waals surface area contributed by atoms with Gasteiger partial charge in [-0.25, -0.2) is 4.98 Å². The summed E-state index contributed by atoms with van der Waals surface area (Å²) in [4.78, 5) is 27.9. The molecule has 0 aromatic carbocycles. The molecule has 0 spiro atoms. The Labute approximate surface area is 90.8 Å². The molecule has 0 aliphatic rings. The molecule has 0 saturated heterocycles. The largest absolute Gasteiger partial charge is 0.370 e. The van der Waals surface area contributed by atoms with Gasteiger partial charge in [-0.2, -0.15) is 0 Å². The molecular weight excluding hydrogens is 220 g/mol. The number of carbonyl (C=O) groups is 1. The van der Waals surface area contributed by atoms with Crippen molar-refractivity contribution in [2.45, 2.75) is 19.4 Å². The van der Waals surface area contributed by atoms with Crippen molar-refractivity contribution in [3.63, 3.8) is 0 Å². The zero-order valence-electron chi connectivity index (χ0n) is 8.08. The van der Waals surface area contributed by atoms with Gasteiger partial charge in [-0.1, -0.05) is 11.6 Å². The van der Waals surface area contributed by atoms with Crippen LogP contribution < -0.4 is 16.6 Å². The molecule has 1 aromatic rings. The highest BCUT2D eigenvalue weighted by Crippen LogP contribution is 2.13. The Bertz CT molecular complexity index is 417. The number of anilines is 1. The Morgan fingerprint density at radius 2 is 2.47 bits per heavy atom. The number of primary amides is 1. The van der Waals surface area contributed by atoms with Gasteiger partial charge in [0.1, 0.15) is 5.02 Å². The Morgan fingerprint density at radius 3 is 3.07 bits per heavy atom. The van der Waals surface area contributed by atoms with Gasteiger partial charge in [0.05, 0.1) is 6.33 Å². The zero-order valence-corrected chi connectivity index (χ0v) is 8.84. The van der Waals surface area contributed by atoms with Gasteiger partial charge in [0.2, 0.25) is 5.91 Å². The van der Waals surface area contributed by atoms with Crippen molar-refractivity contribution >= 4 is 23.3 Å². The third-order valence-electron chi connectivity index (χ3n) is 1.69. The van der Waals surface area contributed by atoms with Crippen LogP contribution in [0.3, 0.4) is 0 Å². The Balaban J connectivity index is 2.76. The van der Waals surface area contributed by atoms with Gasteiger partial charge < -0.3 is 16.0 Å². The number of aromatic amines is 1. The lowest BCUT2D eigenvalue weighted by atomic mass is 10.2. The first-order valence-electron chi connectivity index (χ1n) is 4.28. The lowest BCUT2D eigenvalue weighted by Crippen LogP contribution is -2.25. The normalized spacial score (nSPS) is 12.1. The molecule has 4 N–H and O–H groups in total. The van der Waals surface area contributed by atoms with Crippen LogP contribution in [-0.2, 0) is 4.79 Å². The number of hydrogen-bond acceptors (Lipinski definition) is 4. The monoisotopic (exact) mass is 230 g/mol. The van der Waals surface area contributed by atoms with Gasteiger partial charge in [0.15, 0.2) is 5.82 Å². The minimum atomic E-state index is -0.434. The molecule has 0 fully saturated rings. The molecule has 0 bridgehead atoms. The van der Waals surface area contributed by atoms with Crippen molar-refractivity contribution in [1.29, 1.82) is 0 Å². The third kappa shape index (κ3) is 3.25. The highest BCUT2D eigenvalue weighted by molar-refractivity contribution is 6.32. The molecule has 1 amide bonds. The SMILES string of the molecule is CC(CC(N)=O)Nc1nc[nH]c(=O)c1Cl. The van der Waals surface area contributed by atoms with Crippen LogP contribution in [0.2, 0.25) is 5.02 Å². The van der Waals surface area contributed by atoms with Crippen molar-refractivity contribution in [3.05, 3.63) is 21.7 Å². The topological polar surface area (TPSA) is 101 Å². The van der Waals surface area contributed by atoms with Crippen LogP contribution in [-0.4, -0.2) is 21.9 Å². The number of carbonyl (C=O) groups excluding carboxylic acids is 1. The molecule has 0 aliphatic carbocycles. The third-order valence-corrected chi connectivity index (χ3v) is 2.04. The maximum Gasteiger partial charge on any atom is 0.271 e. The second kappa shape index (κ2) is 4.79. The van der Waals surface area contributed by atoms with Crippen LogP contribution in [0.4, 0.5) is 5.82 Å². The van der Waals surface area contributed by atoms with Gasteiger partial charge in [0, 0.05) is 12.5 Å². The minimum Gasteiger partial charge on any atom is -0.370 e. The van der Waals surface area contributed by atoms with E-state index in [0.717, 1.165) is 0 Å². The van der Waals surface area contributed by atoms with E-state index in [1.165, 1.54) is 6.33 Å². The first kappa shape index (κ1) is 11.5. The quantitative estimate of drug-likeness (QED) is 0.683. The fraction of sp³-hybridized carbons (Fsp3) is 0.375. The molecule has 1 unspecified atom stereocenters. The van der Waals surface area contributed by atoms with Crippen LogP contribution in [0.25, 0.3) is 0 Å². The van der Waals surface area contributed by atoms with E-state index in [1.807, 2.05) is 0 Å². The van der Waals surface area contributed by atoms with Crippen LogP contribution in [0, 0.1) is 0 Å². The fourth-order valence-electron chi connectivity index (χ4n) is 1.07. The first-order chi connectivity index (χ1) is 7.00. The van der Waals surface area contributed by atoms with Gasteiger partial charge in [0.25, 0.3) is 5.56 Å². The standard InChI is InChI=1S/C8H11ClN4O2/c1-4(2-5(10)14)13-7-6(9)8(15)12-3-11-7/h3-4H,2H2,1H3,(H2,10,14)(H2,11,12,13,15). The van der Waals surface area contributed by atoms with Gasteiger partial charge in [-0.05, 0) is 6.92 Å². The first-order valence-corrected chi connectivity index (χ1v) is 4.66. The summed E-state index contributed by atoms with van der Waals surface area (Å²) in [6.45, 7) is 1.74. The van der Waals surface area contributed by atoms with Crippen LogP contribution in [0.1, 0.15) is 13.3 Å². The van der Waals surface area contributed by atoms with Gasteiger partial charge in [-0.15, -0.1) is 0 Å². The molecule has 0 radical (unpaired) electrons. The summed E-state index contributed by atoms with van der Waals surface area (Å²) in [6, 6.07) is -0.228. The van der Waals surface area contributed by atoms with Crippen molar-refractivity contribution < 1.29 is 4.79 Å². The van der Waals surface area contributed by atoms with Crippen LogP contribution in [0.15, 0.2) is 11.1 Å². The van der Waals surface area contributed by atoms with Crippen LogP contribution >= 0.6 is 11.6 Å². The molecular formula is C8H11ClN4O2. The molecule has 1 aromatic heterocycles. The molecule has 6 nitrogen and oxygen atoms in total. The second-order valence-electron chi connectivity index (χ2n) is 3.11. The summed E-state index contributed by atoms with van der Waals surface area (Å²) in [7, 11) is 0. The number of hydrogen-bond donors (Lipinski definition) is 3. The van der Waals surface area contributed by atoms with E-state index in [1.54, 1.807) is 6.92 Å². The van der Waals surface area contributed by atoms with E-state index < -0.39 is 11.5 Å².